The highest BCUT2D eigenvalue weighted by Gasteiger charge is 2.33. The Hall–Kier alpha value is -2.28. The lowest BCUT2D eigenvalue weighted by atomic mass is 10.1. The van der Waals surface area contributed by atoms with Crippen molar-refractivity contribution in [2.75, 3.05) is 40.4 Å². The van der Waals surface area contributed by atoms with E-state index in [4.69, 9.17) is 15.2 Å². The van der Waals surface area contributed by atoms with Gasteiger partial charge in [0.2, 0.25) is 5.91 Å². The van der Waals surface area contributed by atoms with Crippen molar-refractivity contribution >= 4 is 11.8 Å². The Kier molecular flexibility index (Phi) is 5.66. The molecule has 1 aliphatic carbocycles. The molecular weight excluding hydrogens is 334 g/mol. The average Bonchev–Trinajstić information content (AvgIpc) is 3.12. The molecule has 2 fully saturated rings. The fraction of sp³-hybridized carbons (Fsp3) is 0.579. The van der Waals surface area contributed by atoms with E-state index in [1.165, 1.54) is 7.11 Å². The number of nitrogens with two attached hydrogens (primary N) is 1. The van der Waals surface area contributed by atoms with E-state index < -0.39 is 0 Å². The highest BCUT2D eigenvalue weighted by atomic mass is 16.5. The molecule has 0 bridgehead atoms. The minimum Gasteiger partial charge on any atom is -0.497 e. The van der Waals surface area contributed by atoms with Crippen molar-refractivity contribution in [3.63, 3.8) is 0 Å². The standard InChI is InChI=1S/C19H27N3O4/c1-25-15-5-6-16(17(12-15)26-2)19(24)22-9-7-21(8-10-22)18(23)13-3-4-14(20)11-13/h5-6,12-14H,3-4,7-11,20H2,1-2H3. The van der Waals surface area contributed by atoms with E-state index >= 15 is 0 Å². The van der Waals surface area contributed by atoms with E-state index in [-0.39, 0.29) is 23.8 Å². The third-order valence-corrected chi connectivity index (χ3v) is 5.34. The first kappa shape index (κ1) is 18.5. The van der Waals surface area contributed by atoms with Gasteiger partial charge in [0, 0.05) is 44.2 Å². The molecule has 1 saturated heterocycles. The molecule has 3 rings (SSSR count). The number of nitrogens with zero attached hydrogens (tertiary/aromatic N) is 2. The molecule has 7 nitrogen and oxygen atoms in total. The van der Waals surface area contributed by atoms with E-state index in [0.29, 0.717) is 43.2 Å². The minimum absolute atomic E-state index is 0.0499. The van der Waals surface area contributed by atoms with Gasteiger partial charge in [0.15, 0.2) is 0 Å². The van der Waals surface area contributed by atoms with Gasteiger partial charge in [-0.25, -0.2) is 0 Å². The summed E-state index contributed by atoms with van der Waals surface area (Å²) in [5.41, 5.74) is 6.43. The van der Waals surface area contributed by atoms with Crippen molar-refractivity contribution in [1.29, 1.82) is 0 Å². The van der Waals surface area contributed by atoms with Gasteiger partial charge in [0.05, 0.1) is 19.8 Å². The number of carbonyl (C=O) groups is 2. The van der Waals surface area contributed by atoms with Crippen LogP contribution in [-0.2, 0) is 4.79 Å². The summed E-state index contributed by atoms with van der Waals surface area (Å²) in [6.45, 7) is 2.18. The van der Waals surface area contributed by atoms with Crippen LogP contribution in [0.2, 0.25) is 0 Å². The van der Waals surface area contributed by atoms with Crippen LogP contribution in [0.5, 0.6) is 11.5 Å². The van der Waals surface area contributed by atoms with Crippen LogP contribution in [0.25, 0.3) is 0 Å². The molecule has 0 radical (unpaired) electrons. The highest BCUT2D eigenvalue weighted by molar-refractivity contribution is 5.97. The second-order valence-corrected chi connectivity index (χ2v) is 6.95. The van der Waals surface area contributed by atoms with Crippen molar-refractivity contribution in [3.05, 3.63) is 23.8 Å². The van der Waals surface area contributed by atoms with Crippen LogP contribution in [0.3, 0.4) is 0 Å². The van der Waals surface area contributed by atoms with E-state index in [1.807, 2.05) is 4.90 Å². The van der Waals surface area contributed by atoms with Crippen molar-refractivity contribution < 1.29 is 19.1 Å². The van der Waals surface area contributed by atoms with Gasteiger partial charge in [-0.15, -0.1) is 0 Å². The van der Waals surface area contributed by atoms with E-state index in [1.54, 1.807) is 30.2 Å². The molecule has 1 heterocycles. The zero-order valence-electron chi connectivity index (χ0n) is 15.4. The second kappa shape index (κ2) is 7.95. The van der Waals surface area contributed by atoms with Gasteiger partial charge in [-0.05, 0) is 31.4 Å². The molecule has 1 saturated carbocycles. The number of hydrogen-bond acceptors (Lipinski definition) is 5. The molecule has 2 unspecified atom stereocenters. The first-order valence-corrected chi connectivity index (χ1v) is 9.09. The molecular formula is C19H27N3O4. The smallest absolute Gasteiger partial charge is 0.257 e. The van der Waals surface area contributed by atoms with E-state index in [2.05, 4.69) is 0 Å². The first-order chi connectivity index (χ1) is 12.5. The largest absolute Gasteiger partial charge is 0.497 e. The molecule has 1 aromatic rings. The van der Waals surface area contributed by atoms with Crippen LogP contribution in [0.1, 0.15) is 29.6 Å². The summed E-state index contributed by atoms with van der Waals surface area (Å²) in [6, 6.07) is 5.32. The molecule has 1 aromatic carbocycles. The quantitative estimate of drug-likeness (QED) is 0.869. The van der Waals surface area contributed by atoms with Crippen LogP contribution < -0.4 is 15.2 Å². The van der Waals surface area contributed by atoms with Crippen molar-refractivity contribution in [2.45, 2.75) is 25.3 Å². The average molecular weight is 361 g/mol. The number of methoxy groups -OCH3 is 2. The predicted molar refractivity (Wildman–Crippen MR) is 97.3 cm³/mol. The van der Waals surface area contributed by atoms with Gasteiger partial charge in [-0.3, -0.25) is 9.59 Å². The lowest BCUT2D eigenvalue weighted by Gasteiger charge is -2.36. The highest BCUT2D eigenvalue weighted by Crippen LogP contribution is 2.28. The van der Waals surface area contributed by atoms with Gasteiger partial charge < -0.3 is 25.0 Å². The number of carbonyl (C=O) groups excluding carboxylic acids is 2. The molecule has 26 heavy (non-hydrogen) atoms. The number of amides is 2. The second-order valence-electron chi connectivity index (χ2n) is 6.95. The normalized spacial score (nSPS) is 23.0. The monoisotopic (exact) mass is 361 g/mol. The maximum Gasteiger partial charge on any atom is 0.257 e. The Morgan fingerprint density at radius 3 is 2.31 bits per heavy atom. The first-order valence-electron chi connectivity index (χ1n) is 9.09. The molecule has 0 aromatic heterocycles. The molecule has 0 spiro atoms. The number of ether oxygens (including phenoxy) is 2. The Morgan fingerprint density at radius 1 is 1.04 bits per heavy atom. The van der Waals surface area contributed by atoms with Gasteiger partial charge in [-0.1, -0.05) is 0 Å². The molecule has 2 N–H and O–H groups in total. The van der Waals surface area contributed by atoms with Gasteiger partial charge in [0.25, 0.3) is 5.91 Å². The minimum atomic E-state index is -0.0838. The SMILES string of the molecule is COc1ccc(C(=O)N2CCN(C(=O)C3CCC(N)C3)CC2)c(OC)c1. The zero-order chi connectivity index (χ0) is 18.7. The van der Waals surface area contributed by atoms with Crippen molar-refractivity contribution in [1.82, 2.24) is 9.80 Å². The van der Waals surface area contributed by atoms with Crippen molar-refractivity contribution in [2.24, 2.45) is 11.7 Å². The summed E-state index contributed by atoms with van der Waals surface area (Å²) >= 11 is 0. The van der Waals surface area contributed by atoms with Crippen LogP contribution in [-0.4, -0.2) is 68.1 Å². The molecule has 1 aliphatic heterocycles. The number of piperazine rings is 1. The fourth-order valence-electron chi connectivity index (χ4n) is 3.77. The number of hydrogen-bond donors (Lipinski definition) is 1. The van der Waals surface area contributed by atoms with Gasteiger partial charge in [0.1, 0.15) is 11.5 Å². The lowest BCUT2D eigenvalue weighted by molar-refractivity contribution is -0.136. The molecule has 2 amide bonds. The van der Waals surface area contributed by atoms with Crippen LogP contribution >= 0.6 is 0 Å². The summed E-state index contributed by atoms with van der Waals surface area (Å²) in [6.07, 6.45) is 2.58. The van der Waals surface area contributed by atoms with E-state index in [0.717, 1.165) is 19.3 Å². The Balaban J connectivity index is 1.61. The summed E-state index contributed by atoms with van der Waals surface area (Å²) in [4.78, 5) is 29.1. The Bertz CT molecular complexity index is 671. The molecule has 142 valence electrons. The third-order valence-electron chi connectivity index (χ3n) is 5.34. The summed E-state index contributed by atoms with van der Waals surface area (Å²) in [7, 11) is 3.11. The fourth-order valence-corrected chi connectivity index (χ4v) is 3.77. The lowest BCUT2D eigenvalue weighted by Crippen LogP contribution is -2.51. The Morgan fingerprint density at radius 2 is 1.73 bits per heavy atom. The van der Waals surface area contributed by atoms with Crippen LogP contribution in [0.4, 0.5) is 0 Å². The summed E-state index contributed by atoms with van der Waals surface area (Å²) in [5.74, 6) is 1.29. The van der Waals surface area contributed by atoms with Crippen LogP contribution in [0, 0.1) is 5.92 Å². The van der Waals surface area contributed by atoms with Crippen LogP contribution in [0.15, 0.2) is 18.2 Å². The van der Waals surface area contributed by atoms with Gasteiger partial charge >= 0.3 is 0 Å². The van der Waals surface area contributed by atoms with Gasteiger partial charge in [-0.2, -0.15) is 0 Å². The number of rotatable bonds is 4. The number of benzene rings is 1. The summed E-state index contributed by atoms with van der Waals surface area (Å²) in [5, 5.41) is 0. The maximum atomic E-state index is 12.8. The molecule has 7 heteroatoms. The molecule has 2 atom stereocenters. The van der Waals surface area contributed by atoms with Crippen molar-refractivity contribution in [3.8, 4) is 11.5 Å². The third kappa shape index (κ3) is 3.77. The molecule has 2 aliphatic rings. The maximum absolute atomic E-state index is 12.8. The topological polar surface area (TPSA) is 85.1 Å². The summed E-state index contributed by atoms with van der Waals surface area (Å²) < 4.78 is 10.5. The van der Waals surface area contributed by atoms with E-state index in [9.17, 15) is 9.59 Å². The predicted octanol–water partition coefficient (Wildman–Crippen LogP) is 1.12. The zero-order valence-corrected chi connectivity index (χ0v) is 15.4. The Labute approximate surface area is 154 Å².